The molecule has 5 rings (SSSR count). The van der Waals surface area contributed by atoms with Gasteiger partial charge in [-0.05, 0) is 56.1 Å². The molecule has 4 aliphatic heterocycles. The summed E-state index contributed by atoms with van der Waals surface area (Å²) in [5, 5.41) is 37.4. The first kappa shape index (κ1) is 36.2. The average molecular weight is 678 g/mol. The van der Waals surface area contributed by atoms with E-state index in [0.717, 1.165) is 18.4 Å². The predicted octanol–water partition coefficient (Wildman–Crippen LogP) is 4.01. The summed E-state index contributed by atoms with van der Waals surface area (Å²) in [5.74, 6) is -1.75. The highest BCUT2D eigenvalue weighted by Gasteiger charge is 2.61. The van der Waals surface area contributed by atoms with Crippen LogP contribution in [0.1, 0.15) is 80.1 Å². The van der Waals surface area contributed by atoms with Gasteiger partial charge in [-0.2, -0.15) is 0 Å². The summed E-state index contributed by atoms with van der Waals surface area (Å²) in [6.07, 6.45) is 8.41. The van der Waals surface area contributed by atoms with Crippen molar-refractivity contribution >= 4 is 23.5 Å². The lowest BCUT2D eigenvalue weighted by atomic mass is 9.71. The monoisotopic (exact) mass is 677 g/mol. The number of allylic oxidation sites excluding steroid dienone is 2. The van der Waals surface area contributed by atoms with Gasteiger partial charge in [-0.1, -0.05) is 64.0 Å². The van der Waals surface area contributed by atoms with E-state index in [1.54, 1.807) is 12.2 Å². The molecule has 12 atom stereocenters. The van der Waals surface area contributed by atoms with Crippen LogP contribution in [0.5, 0.6) is 0 Å². The van der Waals surface area contributed by atoms with Crippen molar-refractivity contribution < 1.29 is 43.9 Å². The number of aliphatic hydroxyl groups excluding tert-OH is 1. The minimum atomic E-state index is -2.04. The second-order valence-corrected chi connectivity index (χ2v) is 14.9. The Morgan fingerprint density at radius 1 is 1.21 bits per heavy atom. The molecule has 1 spiro atoms. The van der Waals surface area contributed by atoms with E-state index in [1.165, 1.54) is 13.0 Å². The summed E-state index contributed by atoms with van der Waals surface area (Å²) >= 11 is 5.87. The molecule has 3 saturated heterocycles. The number of halogens is 1. The molecule has 0 radical (unpaired) electrons. The number of hydrogen-bond acceptors (Lipinski definition) is 9. The number of aliphatic hydroxyl groups is 3. The van der Waals surface area contributed by atoms with Crippen molar-refractivity contribution in [3.05, 3.63) is 47.1 Å². The average Bonchev–Trinajstić information content (AvgIpc) is 3.37. The van der Waals surface area contributed by atoms with Gasteiger partial charge in [0.2, 0.25) is 5.91 Å². The second kappa shape index (κ2) is 14.1. The first-order valence-corrected chi connectivity index (χ1v) is 17.6. The number of amides is 1. The Hall–Kier alpha value is -2.05. The first-order chi connectivity index (χ1) is 22.1. The van der Waals surface area contributed by atoms with E-state index in [-0.39, 0.29) is 48.1 Å². The van der Waals surface area contributed by atoms with E-state index < -0.39 is 41.3 Å². The molecule has 2 bridgehead atoms. The van der Waals surface area contributed by atoms with Crippen LogP contribution in [0.3, 0.4) is 0 Å². The van der Waals surface area contributed by atoms with Gasteiger partial charge in [-0.15, -0.1) is 11.6 Å². The molecule has 1 amide bonds. The Morgan fingerprint density at radius 3 is 2.66 bits per heavy atom. The number of hydrogen-bond donors (Lipinski definition) is 4. The molecule has 0 unspecified atom stereocenters. The zero-order chi connectivity index (χ0) is 34.3. The molecule has 0 aromatic carbocycles. The van der Waals surface area contributed by atoms with Gasteiger partial charge in [0.1, 0.15) is 35.4 Å². The van der Waals surface area contributed by atoms with Gasteiger partial charge in [-0.3, -0.25) is 4.79 Å². The van der Waals surface area contributed by atoms with E-state index in [0.29, 0.717) is 43.1 Å². The van der Waals surface area contributed by atoms with E-state index in [1.807, 2.05) is 19.9 Å². The fraction of sp³-hybridized carbons (Fsp3) is 0.722. The normalized spacial score (nSPS) is 46.2. The van der Waals surface area contributed by atoms with Crippen LogP contribution in [-0.2, 0) is 28.5 Å². The van der Waals surface area contributed by atoms with Crippen molar-refractivity contribution in [3.8, 4) is 0 Å². The highest BCUT2D eigenvalue weighted by molar-refractivity contribution is 6.27. The van der Waals surface area contributed by atoms with E-state index in [4.69, 9.17) is 30.5 Å². The molecule has 47 heavy (non-hydrogen) atoms. The SMILES string of the molecule is CC[C@H](C)[C@H]1O[C@]2(CC[C@@H]1C)C[C@@H]1C[C@@H](C/C=C(\C)[C@H](NC(=O)CCl)[C@@H](C)/C=C/C=C3\CO[C@@H]4[C@H](O)[C@](C)(O)C=C(C(=O)O1)[C@]34O)O2. The third-order valence-corrected chi connectivity index (χ3v) is 11.2. The fourth-order valence-corrected chi connectivity index (χ4v) is 8.03. The fourth-order valence-electron chi connectivity index (χ4n) is 7.95. The third-order valence-electron chi connectivity index (χ3n) is 11.0. The van der Waals surface area contributed by atoms with E-state index >= 15 is 0 Å². The predicted molar refractivity (Wildman–Crippen MR) is 176 cm³/mol. The lowest BCUT2D eigenvalue weighted by Gasteiger charge is -2.51. The van der Waals surface area contributed by atoms with Gasteiger partial charge < -0.3 is 39.6 Å². The minimum Gasteiger partial charge on any atom is -0.459 e. The number of ether oxygens (including phenoxy) is 4. The summed E-state index contributed by atoms with van der Waals surface area (Å²) < 4.78 is 25.7. The van der Waals surface area contributed by atoms with Crippen LogP contribution in [0, 0.1) is 17.8 Å². The van der Waals surface area contributed by atoms with E-state index in [2.05, 4.69) is 32.2 Å². The Kier molecular flexibility index (Phi) is 10.8. The van der Waals surface area contributed by atoms with Gasteiger partial charge in [0.15, 0.2) is 5.79 Å². The van der Waals surface area contributed by atoms with Crippen molar-refractivity contribution in [1.29, 1.82) is 0 Å². The van der Waals surface area contributed by atoms with E-state index in [9.17, 15) is 24.9 Å². The third kappa shape index (κ3) is 7.16. The van der Waals surface area contributed by atoms with Crippen LogP contribution in [0.4, 0.5) is 0 Å². The number of nitrogens with one attached hydrogen (secondary N) is 1. The van der Waals surface area contributed by atoms with Crippen molar-refractivity contribution in [2.45, 2.75) is 134 Å². The van der Waals surface area contributed by atoms with Crippen LogP contribution < -0.4 is 5.32 Å². The molecule has 0 saturated carbocycles. The zero-order valence-electron chi connectivity index (χ0n) is 28.4. The number of alkyl halides is 1. The van der Waals surface area contributed by atoms with Gasteiger partial charge in [0.25, 0.3) is 0 Å². The molecular weight excluding hydrogens is 626 g/mol. The maximum atomic E-state index is 14.1. The molecular formula is C36H52ClNO9. The number of carbonyl (C=O) groups is 2. The lowest BCUT2D eigenvalue weighted by molar-refractivity contribution is -0.340. The molecule has 3 fully saturated rings. The van der Waals surface area contributed by atoms with Crippen molar-refractivity contribution in [1.82, 2.24) is 5.32 Å². The van der Waals surface area contributed by atoms with Crippen LogP contribution >= 0.6 is 11.6 Å². The second-order valence-electron chi connectivity index (χ2n) is 14.6. The number of rotatable bonds is 4. The maximum absolute atomic E-state index is 14.1. The van der Waals surface area contributed by atoms with Gasteiger partial charge in [-0.25, -0.2) is 4.79 Å². The van der Waals surface area contributed by atoms with Gasteiger partial charge in [0.05, 0.1) is 30.4 Å². The largest absolute Gasteiger partial charge is 0.459 e. The lowest BCUT2D eigenvalue weighted by Crippen LogP contribution is -2.61. The Balaban J connectivity index is 1.58. The van der Waals surface area contributed by atoms with Crippen LogP contribution in [0.25, 0.3) is 0 Å². The molecule has 262 valence electrons. The van der Waals surface area contributed by atoms with Crippen LogP contribution in [0.2, 0.25) is 0 Å². The van der Waals surface area contributed by atoms with Crippen LogP contribution in [0.15, 0.2) is 47.1 Å². The Bertz CT molecular complexity index is 1320. The summed E-state index contributed by atoms with van der Waals surface area (Å²) in [6.45, 7) is 11.8. The van der Waals surface area contributed by atoms with Crippen LogP contribution in [-0.4, -0.2) is 93.2 Å². The van der Waals surface area contributed by atoms with Crippen molar-refractivity contribution in [2.24, 2.45) is 17.8 Å². The molecule has 1 aliphatic carbocycles. The highest BCUT2D eigenvalue weighted by Crippen LogP contribution is 2.48. The first-order valence-electron chi connectivity index (χ1n) is 17.1. The molecule has 4 N–H and O–H groups in total. The standard InChI is InChI=1S/C36H52ClNO9/c1-7-20(2)30-23(5)13-14-35(47-30)16-26-15-25(46-35)12-11-22(4)29(38-28(39)18-37)21(3)9-8-10-24-19-44-32-31(40)34(6,42)17-27(33(41)45-26)36(24,32)43/h8-11,17,20-21,23,25-26,29-32,40,42-43H,7,12-16,18-19H2,1-6H3,(H,38,39)/b9-8+,22-11+,24-10+/t20-,21-,23-,25+,26-,29+,30+,31-,32+,34+,35+,36+/m0/s1. The molecule has 11 heteroatoms. The summed E-state index contributed by atoms with van der Waals surface area (Å²) in [6, 6.07) is -0.366. The molecule has 0 aromatic rings. The smallest absolute Gasteiger partial charge is 0.337 e. The summed E-state index contributed by atoms with van der Waals surface area (Å²) in [7, 11) is 0. The summed E-state index contributed by atoms with van der Waals surface area (Å²) in [5.41, 5.74) is -2.80. The Labute approximate surface area is 283 Å². The minimum absolute atomic E-state index is 0.0239. The van der Waals surface area contributed by atoms with Crippen molar-refractivity contribution in [3.63, 3.8) is 0 Å². The topological polar surface area (TPSA) is 144 Å². The quantitative estimate of drug-likeness (QED) is 0.197. The molecule has 10 nitrogen and oxygen atoms in total. The molecule has 5 aliphatic rings. The summed E-state index contributed by atoms with van der Waals surface area (Å²) in [4.78, 5) is 26.6. The Morgan fingerprint density at radius 2 is 1.96 bits per heavy atom. The van der Waals surface area contributed by atoms with Gasteiger partial charge >= 0.3 is 5.97 Å². The van der Waals surface area contributed by atoms with Gasteiger partial charge in [0, 0.05) is 19.3 Å². The highest BCUT2D eigenvalue weighted by atomic mass is 35.5. The number of carbonyl (C=O) groups excluding carboxylic acids is 2. The number of esters is 1. The zero-order valence-corrected chi connectivity index (χ0v) is 29.2. The van der Waals surface area contributed by atoms with Crippen molar-refractivity contribution in [2.75, 3.05) is 12.5 Å². The maximum Gasteiger partial charge on any atom is 0.337 e. The molecule has 4 heterocycles. The number of fused-ring (bicyclic) bond motifs is 2. The molecule has 0 aromatic heterocycles.